The highest BCUT2D eigenvalue weighted by Gasteiger charge is 2.46. The van der Waals surface area contributed by atoms with Gasteiger partial charge >= 0.3 is 0 Å². The standard InChI is InChI=1S/C50H34N2/c51-49(52)48-42-19-9-7-17-40(42)39-16-6-8-18-41(39)46(48)35-24-22-32(23-25-35)33-26-29-37(30-27-33)50(36-13-2-1-3-14-36)44-21-11-10-20-43(44)47-38-15-5-4-12-34(38)28-31-45(47)50/h1-31H,(H3,51,52). The third-order valence-corrected chi connectivity index (χ3v) is 11.2. The predicted molar refractivity (Wildman–Crippen MR) is 218 cm³/mol. The summed E-state index contributed by atoms with van der Waals surface area (Å²) in [4.78, 5) is 0. The van der Waals surface area contributed by atoms with E-state index in [4.69, 9.17) is 11.1 Å². The molecule has 244 valence electrons. The van der Waals surface area contributed by atoms with E-state index in [0.29, 0.717) is 0 Å². The molecule has 1 atom stereocenters. The molecule has 0 amide bonds. The monoisotopic (exact) mass is 662 g/mol. The van der Waals surface area contributed by atoms with Crippen LogP contribution >= 0.6 is 0 Å². The van der Waals surface area contributed by atoms with E-state index in [9.17, 15) is 0 Å². The molecule has 0 heterocycles. The zero-order chi connectivity index (χ0) is 34.8. The van der Waals surface area contributed by atoms with Crippen molar-refractivity contribution in [2.45, 2.75) is 5.41 Å². The molecule has 2 nitrogen and oxygen atoms in total. The van der Waals surface area contributed by atoms with Crippen LogP contribution in [0.2, 0.25) is 0 Å². The lowest BCUT2D eigenvalue weighted by Gasteiger charge is -2.34. The number of nitrogen functional groups attached to an aromatic ring is 1. The summed E-state index contributed by atoms with van der Waals surface area (Å²) < 4.78 is 0. The topological polar surface area (TPSA) is 49.9 Å². The molecule has 0 spiro atoms. The van der Waals surface area contributed by atoms with Gasteiger partial charge in [-0.3, -0.25) is 5.41 Å². The van der Waals surface area contributed by atoms with Crippen LogP contribution in [0.3, 0.4) is 0 Å². The maximum absolute atomic E-state index is 8.64. The van der Waals surface area contributed by atoms with Crippen molar-refractivity contribution in [2.24, 2.45) is 5.73 Å². The Labute approximate surface area is 303 Å². The van der Waals surface area contributed by atoms with Gasteiger partial charge in [-0.25, -0.2) is 0 Å². The first-order valence-electron chi connectivity index (χ1n) is 17.8. The Morgan fingerprint density at radius 2 is 0.904 bits per heavy atom. The van der Waals surface area contributed by atoms with Gasteiger partial charge in [0.05, 0.1) is 5.41 Å². The molecule has 10 rings (SSSR count). The molecule has 0 fully saturated rings. The summed E-state index contributed by atoms with van der Waals surface area (Å²) in [6.07, 6.45) is 0. The fourth-order valence-corrected chi connectivity index (χ4v) is 8.99. The molecule has 1 aliphatic rings. The predicted octanol–water partition coefficient (Wildman–Crippen LogP) is 12.1. The largest absolute Gasteiger partial charge is 0.384 e. The van der Waals surface area contributed by atoms with Gasteiger partial charge in [0, 0.05) is 11.1 Å². The molecule has 9 aromatic rings. The summed E-state index contributed by atoms with van der Waals surface area (Å²) in [6.45, 7) is 0. The van der Waals surface area contributed by atoms with E-state index in [1.807, 2.05) is 12.1 Å². The van der Waals surface area contributed by atoms with E-state index < -0.39 is 5.41 Å². The number of nitrogens with two attached hydrogens (primary N) is 1. The average Bonchev–Trinajstić information content (AvgIpc) is 3.52. The highest BCUT2D eigenvalue weighted by atomic mass is 14.7. The van der Waals surface area contributed by atoms with E-state index in [2.05, 4.69) is 176 Å². The second-order valence-corrected chi connectivity index (χ2v) is 13.8. The number of hydrogen-bond acceptors (Lipinski definition) is 1. The molecule has 0 saturated heterocycles. The number of benzene rings is 9. The Balaban J connectivity index is 1.12. The zero-order valence-electron chi connectivity index (χ0n) is 28.5. The highest BCUT2D eigenvalue weighted by Crippen LogP contribution is 2.57. The van der Waals surface area contributed by atoms with Crippen LogP contribution in [0.1, 0.15) is 27.8 Å². The van der Waals surface area contributed by atoms with Crippen molar-refractivity contribution in [2.75, 3.05) is 0 Å². The minimum absolute atomic E-state index is 0.0759. The van der Waals surface area contributed by atoms with Gasteiger partial charge in [0.1, 0.15) is 5.84 Å². The minimum Gasteiger partial charge on any atom is -0.384 e. The van der Waals surface area contributed by atoms with Crippen LogP contribution in [0.15, 0.2) is 188 Å². The van der Waals surface area contributed by atoms with Crippen molar-refractivity contribution >= 4 is 38.2 Å². The smallest absolute Gasteiger partial charge is 0.124 e. The molecule has 0 bridgehead atoms. The van der Waals surface area contributed by atoms with Crippen LogP contribution in [-0.4, -0.2) is 5.84 Å². The van der Waals surface area contributed by atoms with Crippen LogP contribution in [-0.2, 0) is 5.41 Å². The lowest BCUT2D eigenvalue weighted by molar-refractivity contribution is 0.769. The van der Waals surface area contributed by atoms with Gasteiger partial charge in [0.2, 0.25) is 0 Å². The van der Waals surface area contributed by atoms with Crippen LogP contribution in [0, 0.1) is 5.41 Å². The Morgan fingerprint density at radius 1 is 0.385 bits per heavy atom. The van der Waals surface area contributed by atoms with Gasteiger partial charge < -0.3 is 5.73 Å². The second-order valence-electron chi connectivity index (χ2n) is 13.8. The van der Waals surface area contributed by atoms with Gasteiger partial charge in [0.15, 0.2) is 0 Å². The molecule has 2 heteroatoms. The van der Waals surface area contributed by atoms with Crippen molar-refractivity contribution in [1.29, 1.82) is 5.41 Å². The summed E-state index contributed by atoms with van der Waals surface area (Å²) in [5.41, 5.74) is 18.7. The molecular formula is C50H34N2. The Morgan fingerprint density at radius 3 is 1.62 bits per heavy atom. The van der Waals surface area contributed by atoms with Gasteiger partial charge in [-0.1, -0.05) is 188 Å². The zero-order valence-corrected chi connectivity index (χ0v) is 28.5. The molecule has 0 aliphatic heterocycles. The molecule has 3 N–H and O–H groups in total. The molecule has 0 radical (unpaired) electrons. The Kier molecular flexibility index (Phi) is 6.74. The van der Waals surface area contributed by atoms with E-state index in [1.54, 1.807) is 0 Å². The van der Waals surface area contributed by atoms with Crippen LogP contribution in [0.4, 0.5) is 0 Å². The van der Waals surface area contributed by atoms with Crippen LogP contribution in [0.5, 0.6) is 0 Å². The van der Waals surface area contributed by atoms with Gasteiger partial charge in [-0.2, -0.15) is 0 Å². The molecule has 0 saturated carbocycles. The molecule has 0 aromatic heterocycles. The van der Waals surface area contributed by atoms with Gasteiger partial charge in [-0.05, 0) is 82.4 Å². The number of amidine groups is 1. The van der Waals surface area contributed by atoms with E-state index in [-0.39, 0.29) is 5.84 Å². The third kappa shape index (κ3) is 4.28. The first-order valence-corrected chi connectivity index (χ1v) is 17.8. The fourth-order valence-electron chi connectivity index (χ4n) is 8.99. The molecule has 52 heavy (non-hydrogen) atoms. The lowest BCUT2D eigenvalue weighted by Crippen LogP contribution is -2.28. The van der Waals surface area contributed by atoms with E-state index in [1.165, 1.54) is 44.2 Å². The minimum atomic E-state index is -0.458. The molecule has 9 aromatic carbocycles. The first kappa shape index (κ1) is 30.1. The Bertz CT molecular complexity index is 2850. The van der Waals surface area contributed by atoms with Crippen molar-refractivity contribution in [1.82, 2.24) is 0 Å². The summed E-state index contributed by atoms with van der Waals surface area (Å²) in [7, 11) is 0. The maximum Gasteiger partial charge on any atom is 0.124 e. The Hall–Kier alpha value is -6.77. The first-order chi connectivity index (χ1) is 25.6. The SMILES string of the molecule is N=C(N)c1c(-c2ccc(-c3ccc(C4(c5ccccc5)c5ccccc5-c5c4ccc4ccccc54)cc3)cc2)c2ccccc2c2ccccc12. The number of nitrogens with one attached hydrogen (secondary N) is 1. The van der Waals surface area contributed by atoms with Crippen molar-refractivity contribution < 1.29 is 0 Å². The van der Waals surface area contributed by atoms with Crippen molar-refractivity contribution in [3.63, 3.8) is 0 Å². The van der Waals surface area contributed by atoms with Crippen molar-refractivity contribution in [3.8, 4) is 33.4 Å². The van der Waals surface area contributed by atoms with Gasteiger partial charge in [-0.15, -0.1) is 0 Å². The molecule has 1 aliphatic carbocycles. The lowest BCUT2D eigenvalue weighted by atomic mass is 9.67. The third-order valence-electron chi connectivity index (χ3n) is 11.2. The highest BCUT2D eigenvalue weighted by molar-refractivity contribution is 6.24. The number of rotatable bonds is 5. The van der Waals surface area contributed by atoms with Crippen LogP contribution < -0.4 is 5.73 Å². The fraction of sp³-hybridized carbons (Fsp3) is 0.0200. The second kappa shape index (κ2) is 11.7. The summed E-state index contributed by atoms with van der Waals surface area (Å²) >= 11 is 0. The van der Waals surface area contributed by atoms with E-state index >= 15 is 0 Å². The molecular weight excluding hydrogens is 629 g/mol. The molecule has 1 unspecified atom stereocenters. The quantitative estimate of drug-likeness (QED) is 0.108. The van der Waals surface area contributed by atoms with E-state index in [0.717, 1.165) is 49.4 Å². The number of fused-ring (bicyclic) bond motifs is 8. The summed E-state index contributed by atoms with van der Waals surface area (Å²) in [5.74, 6) is 0.0759. The summed E-state index contributed by atoms with van der Waals surface area (Å²) in [5, 5.41) is 15.5. The maximum atomic E-state index is 8.64. The average molecular weight is 663 g/mol. The van der Waals surface area contributed by atoms with Crippen molar-refractivity contribution in [3.05, 3.63) is 216 Å². The number of hydrogen-bond donors (Lipinski definition) is 2. The normalized spacial score (nSPS) is 14.8. The van der Waals surface area contributed by atoms with Gasteiger partial charge in [0.25, 0.3) is 0 Å². The summed E-state index contributed by atoms with van der Waals surface area (Å²) in [6, 6.07) is 67.9. The van der Waals surface area contributed by atoms with Crippen LogP contribution in [0.25, 0.3) is 65.7 Å².